The Hall–Kier alpha value is -1.55. The number of hydrogen-bond acceptors (Lipinski definition) is 2. The standard InChI is InChI=1S/C12H10BrNO2/c1-16-11-5-3-2-4-10(11)14-8-9(13)6-7-12(14)15/h2-8H,1H3. The third-order valence-electron chi connectivity index (χ3n) is 2.22. The molecule has 0 aliphatic heterocycles. The third-order valence-corrected chi connectivity index (χ3v) is 2.69. The Morgan fingerprint density at radius 3 is 2.69 bits per heavy atom. The lowest BCUT2D eigenvalue weighted by atomic mass is 10.3. The Bertz CT molecular complexity index is 563. The summed E-state index contributed by atoms with van der Waals surface area (Å²) in [6.45, 7) is 0. The first-order valence-electron chi connectivity index (χ1n) is 4.74. The first-order chi connectivity index (χ1) is 7.72. The van der Waals surface area contributed by atoms with Crippen LogP contribution in [-0.4, -0.2) is 11.7 Å². The zero-order valence-electron chi connectivity index (χ0n) is 8.68. The van der Waals surface area contributed by atoms with Crippen LogP contribution in [0.15, 0.2) is 51.9 Å². The van der Waals surface area contributed by atoms with E-state index in [1.807, 2.05) is 24.3 Å². The predicted molar refractivity (Wildman–Crippen MR) is 66.3 cm³/mol. The normalized spacial score (nSPS) is 10.1. The number of aromatic nitrogens is 1. The summed E-state index contributed by atoms with van der Waals surface area (Å²) in [6, 6.07) is 10.6. The number of pyridine rings is 1. The second-order valence-corrected chi connectivity index (χ2v) is 4.14. The molecule has 0 atom stereocenters. The van der Waals surface area contributed by atoms with Gasteiger partial charge in [-0.15, -0.1) is 0 Å². The van der Waals surface area contributed by atoms with E-state index in [0.717, 1.165) is 10.2 Å². The van der Waals surface area contributed by atoms with Crippen molar-refractivity contribution in [3.63, 3.8) is 0 Å². The molecule has 0 spiro atoms. The molecule has 0 radical (unpaired) electrons. The highest BCUT2D eigenvalue weighted by Crippen LogP contribution is 2.21. The van der Waals surface area contributed by atoms with Gasteiger partial charge in [0.25, 0.3) is 5.56 Å². The van der Waals surface area contributed by atoms with Gasteiger partial charge in [-0.1, -0.05) is 12.1 Å². The number of nitrogens with zero attached hydrogens (tertiary/aromatic N) is 1. The number of rotatable bonds is 2. The Labute approximate surface area is 101 Å². The molecule has 82 valence electrons. The summed E-state index contributed by atoms with van der Waals surface area (Å²) in [5, 5.41) is 0. The molecule has 0 aliphatic carbocycles. The minimum Gasteiger partial charge on any atom is -0.495 e. The monoisotopic (exact) mass is 279 g/mol. The minimum atomic E-state index is -0.0901. The topological polar surface area (TPSA) is 31.2 Å². The molecule has 0 aliphatic rings. The number of para-hydroxylation sites is 2. The van der Waals surface area contributed by atoms with E-state index in [2.05, 4.69) is 15.9 Å². The van der Waals surface area contributed by atoms with E-state index in [1.165, 1.54) is 6.07 Å². The molecule has 0 N–H and O–H groups in total. The molecule has 0 bridgehead atoms. The summed E-state index contributed by atoms with van der Waals surface area (Å²) in [5.74, 6) is 0.669. The second kappa shape index (κ2) is 4.53. The molecule has 0 amide bonds. The van der Waals surface area contributed by atoms with Crippen molar-refractivity contribution < 1.29 is 4.74 Å². The number of ether oxygens (including phenoxy) is 1. The van der Waals surface area contributed by atoms with Gasteiger partial charge in [-0.2, -0.15) is 0 Å². The van der Waals surface area contributed by atoms with Gasteiger partial charge in [0.1, 0.15) is 5.75 Å². The van der Waals surface area contributed by atoms with Gasteiger partial charge in [-0.3, -0.25) is 9.36 Å². The summed E-state index contributed by atoms with van der Waals surface area (Å²) >= 11 is 3.34. The van der Waals surface area contributed by atoms with E-state index in [1.54, 1.807) is 23.9 Å². The largest absolute Gasteiger partial charge is 0.495 e. The maximum atomic E-state index is 11.7. The number of benzene rings is 1. The number of hydrogen-bond donors (Lipinski definition) is 0. The van der Waals surface area contributed by atoms with Crippen molar-refractivity contribution in [1.82, 2.24) is 4.57 Å². The Kier molecular flexibility index (Phi) is 3.10. The predicted octanol–water partition coefficient (Wildman–Crippen LogP) is 2.61. The van der Waals surface area contributed by atoms with Crippen molar-refractivity contribution in [3.05, 3.63) is 57.4 Å². The molecule has 0 unspecified atom stereocenters. The van der Waals surface area contributed by atoms with Gasteiger partial charge in [0, 0.05) is 16.7 Å². The van der Waals surface area contributed by atoms with Crippen LogP contribution in [0.5, 0.6) is 5.75 Å². The van der Waals surface area contributed by atoms with Gasteiger partial charge in [0.2, 0.25) is 0 Å². The van der Waals surface area contributed by atoms with Gasteiger partial charge < -0.3 is 4.74 Å². The van der Waals surface area contributed by atoms with Gasteiger partial charge in [0.05, 0.1) is 12.8 Å². The molecular weight excluding hydrogens is 270 g/mol. The van der Waals surface area contributed by atoms with Crippen LogP contribution in [0.3, 0.4) is 0 Å². The fourth-order valence-corrected chi connectivity index (χ4v) is 1.82. The SMILES string of the molecule is COc1ccccc1-n1cc(Br)ccc1=O. The van der Waals surface area contributed by atoms with Crippen LogP contribution in [0.2, 0.25) is 0 Å². The molecule has 3 nitrogen and oxygen atoms in total. The lowest BCUT2D eigenvalue weighted by Gasteiger charge is -2.10. The Morgan fingerprint density at radius 1 is 1.19 bits per heavy atom. The molecule has 0 saturated carbocycles. The van der Waals surface area contributed by atoms with Crippen molar-refractivity contribution in [3.8, 4) is 11.4 Å². The third kappa shape index (κ3) is 2.02. The van der Waals surface area contributed by atoms with Crippen LogP contribution >= 0.6 is 15.9 Å². The minimum absolute atomic E-state index is 0.0901. The van der Waals surface area contributed by atoms with Crippen LogP contribution in [0.1, 0.15) is 0 Å². The van der Waals surface area contributed by atoms with Crippen LogP contribution < -0.4 is 10.3 Å². The zero-order valence-corrected chi connectivity index (χ0v) is 10.3. The first kappa shape index (κ1) is 11.0. The van der Waals surface area contributed by atoms with Crippen LogP contribution in [0.4, 0.5) is 0 Å². The van der Waals surface area contributed by atoms with Gasteiger partial charge in [-0.25, -0.2) is 0 Å². The average Bonchev–Trinajstić information content (AvgIpc) is 2.32. The van der Waals surface area contributed by atoms with E-state index in [4.69, 9.17) is 4.74 Å². The smallest absolute Gasteiger partial charge is 0.255 e. The molecule has 1 heterocycles. The molecule has 4 heteroatoms. The fourth-order valence-electron chi connectivity index (χ4n) is 1.48. The summed E-state index contributed by atoms with van der Waals surface area (Å²) in [7, 11) is 1.59. The molecular formula is C12H10BrNO2. The molecule has 2 rings (SSSR count). The van der Waals surface area contributed by atoms with Gasteiger partial charge in [-0.05, 0) is 34.1 Å². The highest BCUT2D eigenvalue weighted by Gasteiger charge is 2.05. The summed E-state index contributed by atoms with van der Waals surface area (Å²) in [4.78, 5) is 11.7. The van der Waals surface area contributed by atoms with Crippen molar-refractivity contribution in [2.24, 2.45) is 0 Å². The zero-order chi connectivity index (χ0) is 11.5. The van der Waals surface area contributed by atoms with Crippen molar-refractivity contribution in [2.45, 2.75) is 0 Å². The fraction of sp³-hybridized carbons (Fsp3) is 0.0833. The van der Waals surface area contributed by atoms with Crippen molar-refractivity contribution in [2.75, 3.05) is 7.11 Å². The van der Waals surface area contributed by atoms with Crippen molar-refractivity contribution >= 4 is 15.9 Å². The number of halogens is 1. The summed E-state index contributed by atoms with van der Waals surface area (Å²) in [6.07, 6.45) is 1.72. The molecule has 0 fully saturated rings. The quantitative estimate of drug-likeness (QED) is 0.846. The second-order valence-electron chi connectivity index (χ2n) is 3.23. The average molecular weight is 280 g/mol. The van der Waals surface area contributed by atoms with E-state index >= 15 is 0 Å². The van der Waals surface area contributed by atoms with Crippen LogP contribution in [0, 0.1) is 0 Å². The Morgan fingerprint density at radius 2 is 1.94 bits per heavy atom. The molecule has 16 heavy (non-hydrogen) atoms. The van der Waals surface area contributed by atoms with Crippen LogP contribution in [-0.2, 0) is 0 Å². The van der Waals surface area contributed by atoms with E-state index in [0.29, 0.717) is 5.75 Å². The lowest BCUT2D eigenvalue weighted by molar-refractivity contribution is 0.412. The van der Waals surface area contributed by atoms with E-state index in [9.17, 15) is 4.79 Å². The number of methoxy groups -OCH3 is 1. The molecule has 1 aromatic carbocycles. The molecule has 0 saturated heterocycles. The summed E-state index contributed by atoms with van der Waals surface area (Å²) < 4.78 is 7.61. The van der Waals surface area contributed by atoms with E-state index < -0.39 is 0 Å². The van der Waals surface area contributed by atoms with Gasteiger partial charge >= 0.3 is 0 Å². The highest BCUT2D eigenvalue weighted by molar-refractivity contribution is 9.10. The maximum absolute atomic E-state index is 11.7. The Balaban J connectivity index is 2.67. The lowest BCUT2D eigenvalue weighted by Crippen LogP contribution is -2.16. The first-order valence-corrected chi connectivity index (χ1v) is 5.53. The van der Waals surface area contributed by atoms with Crippen LogP contribution in [0.25, 0.3) is 5.69 Å². The summed E-state index contributed by atoms with van der Waals surface area (Å²) in [5.41, 5.74) is 0.643. The highest BCUT2D eigenvalue weighted by atomic mass is 79.9. The maximum Gasteiger partial charge on any atom is 0.255 e. The van der Waals surface area contributed by atoms with Gasteiger partial charge in [0.15, 0.2) is 0 Å². The molecule has 1 aromatic heterocycles. The molecule has 2 aromatic rings. The van der Waals surface area contributed by atoms with E-state index in [-0.39, 0.29) is 5.56 Å². The van der Waals surface area contributed by atoms with Crippen molar-refractivity contribution in [1.29, 1.82) is 0 Å².